The van der Waals surface area contributed by atoms with E-state index in [4.69, 9.17) is 44.9 Å². The van der Waals surface area contributed by atoms with Crippen molar-refractivity contribution in [3.05, 3.63) is 59.1 Å². The van der Waals surface area contributed by atoms with Gasteiger partial charge in [-0.15, -0.1) is 0 Å². The summed E-state index contributed by atoms with van der Waals surface area (Å²) >= 11 is 6.69. The van der Waals surface area contributed by atoms with Crippen molar-refractivity contribution in [2.24, 2.45) is 4.36 Å². The van der Waals surface area contributed by atoms with Crippen LogP contribution >= 0.6 is 11.6 Å². The van der Waals surface area contributed by atoms with Gasteiger partial charge < -0.3 is 23.4 Å². The van der Waals surface area contributed by atoms with Crippen LogP contribution in [0.4, 0.5) is 14.5 Å². The SMILES string of the molecule is CC(C)(C)[Si](C)(C)O[C@@H]1CO[C@H]2[C@@H]1OC[C@H]2Oc1nc2cc(Cl)c(-c3c(F)cc(-c4ccc(N=S(C)(C)=O)cc4)cc3F)nc2n1COCC[Si](C)(C)C. The van der Waals surface area contributed by atoms with E-state index in [1.165, 1.54) is 30.7 Å². The van der Waals surface area contributed by atoms with E-state index in [-0.39, 0.29) is 59.0 Å². The number of halogens is 3. The van der Waals surface area contributed by atoms with E-state index in [1.807, 2.05) is 0 Å². The first kappa shape index (κ1) is 40.9. The number of hydrogen-bond donors (Lipinski definition) is 0. The van der Waals surface area contributed by atoms with Crippen LogP contribution in [0.1, 0.15) is 20.8 Å². The van der Waals surface area contributed by atoms with E-state index in [9.17, 15) is 4.21 Å². The van der Waals surface area contributed by atoms with E-state index >= 15 is 8.78 Å². The highest BCUT2D eigenvalue weighted by atomic mass is 35.5. The van der Waals surface area contributed by atoms with Crippen LogP contribution < -0.4 is 4.74 Å². The minimum absolute atomic E-state index is 0.0200. The third kappa shape index (κ3) is 9.09. The van der Waals surface area contributed by atoms with Crippen LogP contribution in [0.25, 0.3) is 33.5 Å². The lowest BCUT2D eigenvalue weighted by Crippen LogP contribution is -2.47. The van der Waals surface area contributed by atoms with Gasteiger partial charge in [-0.05, 0) is 65.6 Å². The molecule has 0 saturated carbocycles. The van der Waals surface area contributed by atoms with Crippen LogP contribution in [-0.2, 0) is 35.1 Å². The maximum atomic E-state index is 15.9. The second-order valence-electron chi connectivity index (χ2n) is 17.1. The molecule has 0 N–H and O–H groups in total. The summed E-state index contributed by atoms with van der Waals surface area (Å²) in [5, 5.41) is 0.0496. The zero-order chi connectivity index (χ0) is 39.4. The summed E-state index contributed by atoms with van der Waals surface area (Å²) in [5.41, 5.74) is 1.60. The molecule has 2 aliphatic rings. The maximum absolute atomic E-state index is 15.9. The highest BCUT2D eigenvalue weighted by Gasteiger charge is 2.52. The fourth-order valence-electron chi connectivity index (χ4n) is 6.18. The molecule has 6 rings (SSSR count). The number of nitrogens with zero attached hydrogens (tertiary/aromatic N) is 4. The molecular formula is C38H51ClF2N4O6SSi2. The fourth-order valence-corrected chi connectivity index (χ4v) is 9.12. The monoisotopic (exact) mass is 820 g/mol. The third-order valence-electron chi connectivity index (χ3n) is 10.1. The summed E-state index contributed by atoms with van der Waals surface area (Å²) in [7, 11) is -5.84. The molecule has 4 heterocycles. The molecule has 4 aromatic rings. The predicted octanol–water partition coefficient (Wildman–Crippen LogP) is 9.30. The Morgan fingerprint density at radius 1 is 0.944 bits per heavy atom. The Labute approximate surface area is 324 Å². The van der Waals surface area contributed by atoms with Crippen LogP contribution in [0.3, 0.4) is 0 Å². The van der Waals surface area contributed by atoms with Gasteiger partial charge in [0.2, 0.25) is 0 Å². The van der Waals surface area contributed by atoms with E-state index in [0.29, 0.717) is 41.2 Å². The highest BCUT2D eigenvalue weighted by molar-refractivity contribution is 7.92. The molecule has 2 fully saturated rings. The minimum atomic E-state index is -2.36. The molecule has 0 unspecified atom stereocenters. The van der Waals surface area contributed by atoms with Crippen LogP contribution in [0.2, 0.25) is 48.8 Å². The first-order valence-electron chi connectivity index (χ1n) is 18.1. The Morgan fingerprint density at radius 3 is 2.15 bits per heavy atom. The largest absolute Gasteiger partial charge is 0.456 e. The van der Waals surface area contributed by atoms with Gasteiger partial charge in [0.25, 0.3) is 0 Å². The molecule has 2 aliphatic heterocycles. The second-order valence-corrected chi connectivity index (χ2v) is 30.5. The summed E-state index contributed by atoms with van der Waals surface area (Å²) in [6, 6.07) is 11.8. The summed E-state index contributed by atoms with van der Waals surface area (Å²) in [4.78, 5) is 9.42. The van der Waals surface area contributed by atoms with E-state index in [0.717, 1.165) is 6.04 Å². The molecular weight excluding hydrogens is 770 g/mol. The molecule has 54 heavy (non-hydrogen) atoms. The molecule has 0 spiro atoms. The van der Waals surface area contributed by atoms with Gasteiger partial charge in [0.05, 0.1) is 41.3 Å². The number of aromatic nitrogens is 3. The first-order valence-corrected chi connectivity index (χ1v) is 27.4. The Hall–Kier alpha value is -2.77. The molecule has 2 aromatic heterocycles. The van der Waals surface area contributed by atoms with Crippen LogP contribution in [-0.4, -0.2) is 91.9 Å². The van der Waals surface area contributed by atoms with Crippen molar-refractivity contribution < 1.29 is 36.4 Å². The number of rotatable bonds is 12. The fraction of sp³-hybridized carbons (Fsp3) is 0.526. The van der Waals surface area contributed by atoms with E-state index < -0.39 is 43.9 Å². The molecule has 0 amide bonds. The van der Waals surface area contributed by atoms with Crippen molar-refractivity contribution in [1.29, 1.82) is 0 Å². The highest BCUT2D eigenvalue weighted by Crippen LogP contribution is 2.41. The zero-order valence-corrected chi connectivity index (χ0v) is 36.2. The van der Waals surface area contributed by atoms with Gasteiger partial charge in [-0.2, -0.15) is 9.35 Å². The summed E-state index contributed by atoms with van der Waals surface area (Å²) in [6.07, 6.45) is 1.71. The van der Waals surface area contributed by atoms with Gasteiger partial charge in [-0.1, -0.05) is 64.1 Å². The van der Waals surface area contributed by atoms with Crippen molar-refractivity contribution in [2.75, 3.05) is 32.3 Å². The molecule has 10 nitrogen and oxygen atoms in total. The van der Waals surface area contributed by atoms with E-state index in [1.54, 1.807) is 28.8 Å². The zero-order valence-electron chi connectivity index (χ0n) is 32.7. The van der Waals surface area contributed by atoms with Gasteiger partial charge in [0.15, 0.2) is 20.1 Å². The summed E-state index contributed by atoms with van der Waals surface area (Å²) in [5.74, 6) is -1.68. The minimum Gasteiger partial charge on any atom is -0.456 e. The lowest BCUT2D eigenvalue weighted by atomic mass is 10.0. The normalized spacial score (nSPS) is 20.8. The van der Waals surface area contributed by atoms with Crippen molar-refractivity contribution in [3.8, 4) is 28.4 Å². The Bertz CT molecular complexity index is 2120. The number of pyridine rings is 1. The molecule has 2 saturated heterocycles. The smallest absolute Gasteiger partial charge is 0.301 e. The number of fused-ring (bicyclic) bond motifs is 2. The number of ether oxygens (including phenoxy) is 4. The third-order valence-corrected chi connectivity index (χ3v) is 17.3. The lowest BCUT2D eigenvalue weighted by molar-refractivity contribution is 0.00687. The van der Waals surface area contributed by atoms with Crippen molar-refractivity contribution >= 4 is 54.6 Å². The van der Waals surface area contributed by atoms with Crippen molar-refractivity contribution in [3.63, 3.8) is 0 Å². The first-order chi connectivity index (χ1) is 25.1. The quantitative estimate of drug-likeness (QED) is 0.103. The molecule has 2 aromatic carbocycles. The van der Waals surface area contributed by atoms with Crippen LogP contribution in [0.15, 0.2) is 46.8 Å². The number of benzene rings is 2. The van der Waals surface area contributed by atoms with E-state index in [2.05, 4.69) is 57.9 Å². The topological polar surface area (TPSA) is 106 Å². The molecule has 0 bridgehead atoms. The van der Waals surface area contributed by atoms with Crippen molar-refractivity contribution in [1.82, 2.24) is 14.5 Å². The van der Waals surface area contributed by atoms with Crippen LogP contribution in [0, 0.1) is 11.6 Å². The lowest BCUT2D eigenvalue weighted by Gasteiger charge is -2.39. The molecule has 294 valence electrons. The molecule has 16 heteroatoms. The Kier molecular flexibility index (Phi) is 11.6. The predicted molar refractivity (Wildman–Crippen MR) is 215 cm³/mol. The number of hydrogen-bond acceptors (Lipinski definition) is 9. The van der Waals surface area contributed by atoms with Gasteiger partial charge in [-0.3, -0.25) is 4.57 Å². The summed E-state index contributed by atoms with van der Waals surface area (Å²) < 4.78 is 81.5. The van der Waals surface area contributed by atoms with Crippen molar-refractivity contribution in [2.45, 2.75) is 95.7 Å². The maximum Gasteiger partial charge on any atom is 0.301 e. The molecule has 0 aliphatic carbocycles. The van der Waals surface area contributed by atoms with Crippen LogP contribution in [0.5, 0.6) is 6.01 Å². The standard InChI is InChI=1S/C38H51ClF2N4O6SSi2/c1-38(2,3)54(9,10)51-31-21-49-34-30(20-48-35(31)34)50-37-42-29-19-26(39)33(43-36(29)45(37)22-47-15-16-53(6,7)8)32-27(40)17-24(18-28(32)41)23-11-13-25(14-12-23)44-52(4,5)46/h11-14,17-19,30-31,34-35H,15-16,20-22H2,1-10H3/t30-,31-,34-,35-/m1/s1. The van der Waals surface area contributed by atoms with Gasteiger partial charge >= 0.3 is 6.01 Å². The Balaban J connectivity index is 1.31. The molecule has 4 atom stereocenters. The number of imidazole rings is 1. The second kappa shape index (κ2) is 15.3. The average Bonchev–Trinajstić information content (AvgIpc) is 3.72. The van der Waals surface area contributed by atoms with Gasteiger partial charge in [-0.25, -0.2) is 18.0 Å². The van der Waals surface area contributed by atoms with Gasteiger partial charge in [0, 0.05) is 36.9 Å². The molecule has 0 radical (unpaired) electrons. The Morgan fingerprint density at radius 2 is 1.56 bits per heavy atom. The average molecular weight is 822 g/mol. The van der Waals surface area contributed by atoms with Gasteiger partial charge in [0.1, 0.15) is 36.1 Å². The summed E-state index contributed by atoms with van der Waals surface area (Å²) in [6.45, 7) is 19.0.